The van der Waals surface area contributed by atoms with Crippen LogP contribution in [0.4, 0.5) is 0 Å². The van der Waals surface area contributed by atoms with Crippen molar-refractivity contribution in [1.29, 1.82) is 0 Å². The third-order valence-corrected chi connectivity index (χ3v) is 6.83. The summed E-state index contributed by atoms with van der Waals surface area (Å²) >= 11 is 0. The lowest BCUT2D eigenvalue weighted by atomic mass is 9.46. The largest absolute Gasteiger partial charge is 0.481 e. The molecule has 1 fully saturated rings. The number of aliphatic carboxylic acids is 1. The molecule has 2 aliphatic carbocycles. The molecular weight excluding hydrogens is 288 g/mol. The number of hydrogen-bond acceptors (Lipinski definition) is 2. The van der Waals surface area contributed by atoms with Gasteiger partial charge in [0.15, 0.2) is 0 Å². The SMILES string of the molecule is CC1=CCC[C@H]2[C@](C)(CC/C(C)=C\C=O)[C@@H](C(=O)O)CC[C@]12C. The van der Waals surface area contributed by atoms with Gasteiger partial charge in [-0.25, -0.2) is 0 Å². The zero-order valence-corrected chi connectivity index (χ0v) is 14.9. The van der Waals surface area contributed by atoms with Crippen LogP contribution in [-0.2, 0) is 9.59 Å². The molecule has 0 amide bonds. The van der Waals surface area contributed by atoms with Crippen LogP contribution in [0, 0.1) is 22.7 Å². The topological polar surface area (TPSA) is 54.4 Å². The first-order valence-electron chi connectivity index (χ1n) is 8.76. The first kappa shape index (κ1) is 18.0. The minimum absolute atomic E-state index is 0.126. The van der Waals surface area contributed by atoms with Gasteiger partial charge >= 0.3 is 5.97 Å². The lowest BCUT2D eigenvalue weighted by Gasteiger charge is -2.57. The van der Waals surface area contributed by atoms with Gasteiger partial charge in [0.2, 0.25) is 0 Å². The van der Waals surface area contributed by atoms with Crippen LogP contribution in [0.3, 0.4) is 0 Å². The summed E-state index contributed by atoms with van der Waals surface area (Å²) in [5, 5.41) is 9.80. The van der Waals surface area contributed by atoms with Crippen LogP contribution in [0.15, 0.2) is 23.3 Å². The van der Waals surface area contributed by atoms with Crippen molar-refractivity contribution in [1.82, 2.24) is 0 Å². The molecule has 4 atom stereocenters. The van der Waals surface area contributed by atoms with Gasteiger partial charge in [-0.05, 0) is 75.2 Å². The highest BCUT2D eigenvalue weighted by Gasteiger charge is 2.56. The molecule has 0 aliphatic heterocycles. The van der Waals surface area contributed by atoms with Crippen LogP contribution in [0.2, 0.25) is 0 Å². The van der Waals surface area contributed by atoms with Gasteiger partial charge in [-0.1, -0.05) is 31.1 Å². The predicted octanol–water partition coefficient (Wildman–Crippen LogP) is 4.78. The van der Waals surface area contributed by atoms with Crippen molar-refractivity contribution >= 4 is 12.3 Å². The second-order valence-electron chi connectivity index (χ2n) is 8.02. The van der Waals surface area contributed by atoms with Crippen LogP contribution in [0.25, 0.3) is 0 Å². The predicted molar refractivity (Wildman–Crippen MR) is 92.1 cm³/mol. The average Bonchev–Trinajstić information content (AvgIpc) is 2.47. The van der Waals surface area contributed by atoms with E-state index in [1.165, 1.54) is 5.57 Å². The maximum absolute atomic E-state index is 11.9. The van der Waals surface area contributed by atoms with Crippen LogP contribution >= 0.6 is 0 Å². The Labute approximate surface area is 139 Å². The normalized spacial score (nSPS) is 37.7. The van der Waals surface area contributed by atoms with E-state index < -0.39 is 5.97 Å². The fourth-order valence-electron chi connectivity index (χ4n) is 5.16. The number of rotatable bonds is 5. The molecule has 0 heterocycles. The number of carboxylic acid groups (broad SMARTS) is 1. The van der Waals surface area contributed by atoms with E-state index in [0.29, 0.717) is 5.92 Å². The zero-order valence-electron chi connectivity index (χ0n) is 14.9. The van der Waals surface area contributed by atoms with E-state index >= 15 is 0 Å². The van der Waals surface area contributed by atoms with E-state index in [1.807, 2.05) is 6.92 Å². The lowest BCUT2D eigenvalue weighted by Crippen LogP contribution is -2.52. The van der Waals surface area contributed by atoms with Crippen molar-refractivity contribution in [3.63, 3.8) is 0 Å². The molecule has 3 heteroatoms. The Morgan fingerprint density at radius 3 is 2.70 bits per heavy atom. The van der Waals surface area contributed by atoms with Crippen molar-refractivity contribution in [2.24, 2.45) is 22.7 Å². The summed E-state index contributed by atoms with van der Waals surface area (Å²) in [4.78, 5) is 22.6. The van der Waals surface area contributed by atoms with Gasteiger partial charge in [0.05, 0.1) is 5.92 Å². The number of fused-ring (bicyclic) bond motifs is 1. The second kappa shape index (κ2) is 6.62. The molecule has 1 saturated carbocycles. The number of carboxylic acids is 1. The fraction of sp³-hybridized carbons (Fsp3) is 0.700. The minimum atomic E-state index is -0.654. The van der Waals surface area contributed by atoms with Gasteiger partial charge in [-0.15, -0.1) is 0 Å². The van der Waals surface area contributed by atoms with Gasteiger partial charge in [0, 0.05) is 0 Å². The third-order valence-electron chi connectivity index (χ3n) is 6.83. The molecule has 0 aromatic rings. The molecular formula is C20H30O3. The van der Waals surface area contributed by atoms with Crippen molar-refractivity contribution in [3.05, 3.63) is 23.3 Å². The van der Waals surface area contributed by atoms with Crippen LogP contribution in [0.5, 0.6) is 0 Å². The third kappa shape index (κ3) is 3.15. The Kier molecular flexibility index (Phi) is 5.17. The number of carbonyl (C=O) groups excluding carboxylic acids is 1. The molecule has 2 aliphatic rings. The second-order valence-corrected chi connectivity index (χ2v) is 8.02. The monoisotopic (exact) mass is 318 g/mol. The summed E-state index contributed by atoms with van der Waals surface area (Å²) in [6, 6.07) is 0. The maximum atomic E-state index is 11.9. The quantitative estimate of drug-likeness (QED) is 0.451. The standard InChI is InChI=1S/C20H30O3/c1-14(10-13-21)8-11-20(4)16(18(22)23)9-12-19(3)15(2)6-5-7-17(19)20/h6,10,13,16-17H,5,7-9,11-12H2,1-4H3,(H,22,23)/b14-10-/t16-,17-,19-,20-/m1/s1. The van der Waals surface area contributed by atoms with Crippen molar-refractivity contribution < 1.29 is 14.7 Å². The number of carbonyl (C=O) groups is 2. The Balaban J connectivity index is 2.35. The van der Waals surface area contributed by atoms with Crippen LogP contribution in [-0.4, -0.2) is 17.4 Å². The molecule has 0 aromatic carbocycles. The molecule has 0 aromatic heterocycles. The maximum Gasteiger partial charge on any atom is 0.307 e. The average molecular weight is 318 g/mol. The van der Waals surface area contributed by atoms with Crippen LogP contribution < -0.4 is 0 Å². The molecule has 3 nitrogen and oxygen atoms in total. The highest BCUT2D eigenvalue weighted by atomic mass is 16.4. The number of hydrogen-bond donors (Lipinski definition) is 1. The van der Waals surface area contributed by atoms with Gasteiger partial charge in [0.25, 0.3) is 0 Å². The van der Waals surface area contributed by atoms with E-state index in [-0.39, 0.29) is 16.7 Å². The van der Waals surface area contributed by atoms with Crippen molar-refractivity contribution in [2.45, 2.75) is 66.2 Å². The molecule has 0 radical (unpaired) electrons. The molecule has 2 rings (SSSR count). The minimum Gasteiger partial charge on any atom is -0.481 e. The first-order chi connectivity index (χ1) is 10.8. The fourth-order valence-corrected chi connectivity index (χ4v) is 5.16. The van der Waals surface area contributed by atoms with E-state index in [1.54, 1.807) is 6.08 Å². The van der Waals surface area contributed by atoms with Crippen molar-refractivity contribution in [2.75, 3.05) is 0 Å². The summed E-state index contributed by atoms with van der Waals surface area (Å²) in [5.41, 5.74) is 2.39. The summed E-state index contributed by atoms with van der Waals surface area (Å²) in [5.74, 6) is -0.534. The van der Waals surface area contributed by atoms with Gasteiger partial charge < -0.3 is 5.11 Å². The Morgan fingerprint density at radius 2 is 2.09 bits per heavy atom. The molecule has 0 unspecified atom stereocenters. The highest BCUT2D eigenvalue weighted by molar-refractivity contribution is 5.71. The van der Waals surface area contributed by atoms with E-state index in [0.717, 1.165) is 50.4 Å². The zero-order chi connectivity index (χ0) is 17.3. The Bertz CT molecular complexity index is 545. The summed E-state index contributed by atoms with van der Waals surface area (Å²) < 4.78 is 0. The number of allylic oxidation sites excluding steroid dienone is 4. The van der Waals surface area contributed by atoms with Gasteiger partial charge in [0.1, 0.15) is 6.29 Å². The molecule has 0 saturated heterocycles. The number of aldehydes is 1. The first-order valence-corrected chi connectivity index (χ1v) is 8.76. The molecule has 128 valence electrons. The summed E-state index contributed by atoms with van der Waals surface area (Å²) in [6.07, 6.45) is 10.3. The van der Waals surface area contributed by atoms with E-state index in [9.17, 15) is 14.7 Å². The van der Waals surface area contributed by atoms with E-state index in [2.05, 4.69) is 26.8 Å². The molecule has 0 bridgehead atoms. The van der Waals surface area contributed by atoms with Crippen LogP contribution in [0.1, 0.15) is 66.2 Å². The van der Waals surface area contributed by atoms with Crippen molar-refractivity contribution in [3.8, 4) is 0 Å². The summed E-state index contributed by atoms with van der Waals surface area (Å²) in [7, 11) is 0. The highest BCUT2D eigenvalue weighted by Crippen LogP contribution is 2.62. The van der Waals surface area contributed by atoms with E-state index in [4.69, 9.17) is 0 Å². The molecule has 0 spiro atoms. The molecule has 1 N–H and O–H groups in total. The Morgan fingerprint density at radius 1 is 1.39 bits per heavy atom. The van der Waals surface area contributed by atoms with Gasteiger partial charge in [-0.2, -0.15) is 0 Å². The van der Waals surface area contributed by atoms with Gasteiger partial charge in [-0.3, -0.25) is 9.59 Å². The Hall–Kier alpha value is -1.38. The lowest BCUT2D eigenvalue weighted by molar-refractivity contribution is -0.156. The molecule has 23 heavy (non-hydrogen) atoms. The summed E-state index contributed by atoms with van der Waals surface area (Å²) in [6.45, 7) is 8.68. The smallest absolute Gasteiger partial charge is 0.307 e.